The number of nitrogens with zero attached hydrogens (tertiary/aromatic N) is 2. The van der Waals surface area contributed by atoms with E-state index in [1.54, 1.807) is 0 Å². The van der Waals surface area contributed by atoms with Gasteiger partial charge in [-0.05, 0) is 49.6 Å². The van der Waals surface area contributed by atoms with Gasteiger partial charge < -0.3 is 15.0 Å². The molecular weight excluding hydrogens is 388 g/mol. The normalized spacial score (nSPS) is 20.8. The van der Waals surface area contributed by atoms with Crippen molar-refractivity contribution in [3.8, 4) is 0 Å². The molecule has 0 spiro atoms. The Morgan fingerprint density at radius 1 is 1.13 bits per heavy atom. The van der Waals surface area contributed by atoms with Crippen molar-refractivity contribution in [2.45, 2.75) is 52.5 Å². The third-order valence-corrected chi connectivity index (χ3v) is 5.77. The molecule has 2 unspecified atom stereocenters. The van der Waals surface area contributed by atoms with Crippen LogP contribution in [0.2, 0.25) is 0 Å². The van der Waals surface area contributed by atoms with Crippen LogP contribution in [0.25, 0.3) is 11.0 Å². The number of carbonyl (C=O) groups excluding carboxylic acids is 1. The molecule has 1 fully saturated rings. The fourth-order valence-corrected chi connectivity index (χ4v) is 4.33. The van der Waals surface area contributed by atoms with E-state index in [0.717, 1.165) is 36.5 Å². The number of hydrogen-bond donors (Lipinski definition) is 2. The predicted molar refractivity (Wildman–Crippen MR) is 123 cm³/mol. The van der Waals surface area contributed by atoms with E-state index in [4.69, 9.17) is 4.74 Å². The Labute approximate surface area is 184 Å². The number of hydrogen-bond acceptors (Lipinski definition) is 4. The largest absolute Gasteiger partial charge is 0.373 e. The van der Waals surface area contributed by atoms with E-state index in [9.17, 15) is 4.79 Å². The van der Waals surface area contributed by atoms with Crippen molar-refractivity contribution >= 4 is 16.9 Å². The van der Waals surface area contributed by atoms with Gasteiger partial charge in [-0.3, -0.25) is 9.69 Å². The van der Waals surface area contributed by atoms with Crippen LogP contribution in [-0.2, 0) is 11.3 Å². The van der Waals surface area contributed by atoms with Gasteiger partial charge in [-0.25, -0.2) is 4.98 Å². The van der Waals surface area contributed by atoms with Crippen LogP contribution in [0.1, 0.15) is 55.5 Å². The molecule has 6 heteroatoms. The summed E-state index contributed by atoms with van der Waals surface area (Å²) in [5.41, 5.74) is 3.76. The zero-order valence-corrected chi connectivity index (χ0v) is 18.8. The highest BCUT2D eigenvalue weighted by Crippen LogP contribution is 2.23. The smallest absolute Gasteiger partial charge is 0.251 e. The summed E-state index contributed by atoms with van der Waals surface area (Å²) in [6.07, 6.45) is 0.500. The fourth-order valence-electron chi connectivity index (χ4n) is 4.33. The van der Waals surface area contributed by atoms with Gasteiger partial charge in [0.05, 0.1) is 29.3 Å². The Kier molecular flexibility index (Phi) is 6.39. The number of imidazole rings is 1. The lowest BCUT2D eigenvalue weighted by Crippen LogP contribution is -2.44. The van der Waals surface area contributed by atoms with Crippen molar-refractivity contribution in [3.05, 3.63) is 65.5 Å². The zero-order chi connectivity index (χ0) is 22.0. The number of morpholine rings is 1. The quantitative estimate of drug-likeness (QED) is 0.624. The van der Waals surface area contributed by atoms with E-state index in [1.165, 1.54) is 5.56 Å². The summed E-state index contributed by atoms with van der Waals surface area (Å²) in [5.74, 6) is 0.908. The van der Waals surface area contributed by atoms with E-state index in [1.807, 2.05) is 48.5 Å². The second kappa shape index (κ2) is 9.20. The number of aromatic nitrogens is 2. The van der Waals surface area contributed by atoms with Crippen LogP contribution in [-0.4, -0.2) is 46.1 Å². The van der Waals surface area contributed by atoms with Crippen LogP contribution >= 0.6 is 0 Å². The number of aromatic amines is 1. The number of carbonyl (C=O) groups is 1. The molecule has 2 heterocycles. The molecule has 1 amide bonds. The standard InChI is InChI=1S/C25H32N4O2/c1-16(2)23(24-26-21-7-5-6-8-22(21)27-24)28-25(30)20-11-9-19(10-12-20)15-29-13-17(3)31-18(4)14-29/h5-12,16-18,23H,13-15H2,1-4H3,(H,26,27)(H,28,30)/t17?,18?,23-/m0/s1. The van der Waals surface area contributed by atoms with Crippen LogP contribution in [0.5, 0.6) is 0 Å². The number of ether oxygens (including phenoxy) is 1. The average Bonchev–Trinajstić information content (AvgIpc) is 3.15. The molecule has 4 rings (SSSR count). The van der Waals surface area contributed by atoms with Crippen LogP contribution in [0.15, 0.2) is 48.5 Å². The summed E-state index contributed by atoms with van der Waals surface area (Å²) >= 11 is 0. The van der Waals surface area contributed by atoms with Gasteiger partial charge in [0.2, 0.25) is 0 Å². The molecule has 2 aromatic carbocycles. The molecule has 1 aliphatic heterocycles. The SMILES string of the molecule is CC1CN(Cc2ccc(C(=O)N[C@H](c3nc4ccccc4[nH]3)C(C)C)cc2)CC(C)O1. The first-order valence-electron chi connectivity index (χ1n) is 11.1. The Morgan fingerprint density at radius 2 is 1.81 bits per heavy atom. The van der Waals surface area contributed by atoms with Gasteiger partial charge >= 0.3 is 0 Å². The minimum atomic E-state index is -0.184. The minimum Gasteiger partial charge on any atom is -0.373 e. The van der Waals surface area contributed by atoms with Gasteiger partial charge in [-0.15, -0.1) is 0 Å². The first-order valence-corrected chi connectivity index (χ1v) is 11.1. The fraction of sp³-hybridized carbons (Fsp3) is 0.440. The van der Waals surface area contributed by atoms with Crippen molar-refractivity contribution in [2.75, 3.05) is 13.1 Å². The van der Waals surface area contributed by atoms with Crippen molar-refractivity contribution in [1.29, 1.82) is 0 Å². The van der Waals surface area contributed by atoms with Crippen LogP contribution in [0, 0.1) is 5.92 Å². The van der Waals surface area contributed by atoms with Gasteiger partial charge in [0, 0.05) is 25.2 Å². The monoisotopic (exact) mass is 420 g/mol. The molecule has 0 aliphatic carbocycles. The summed E-state index contributed by atoms with van der Waals surface area (Å²) in [7, 11) is 0. The maximum Gasteiger partial charge on any atom is 0.251 e. The van der Waals surface area contributed by atoms with Crippen LogP contribution < -0.4 is 5.32 Å². The maximum atomic E-state index is 13.0. The Morgan fingerprint density at radius 3 is 2.45 bits per heavy atom. The van der Waals surface area contributed by atoms with Gasteiger partial charge in [-0.2, -0.15) is 0 Å². The molecule has 1 aromatic heterocycles. The zero-order valence-electron chi connectivity index (χ0n) is 18.8. The molecule has 6 nitrogen and oxygen atoms in total. The van der Waals surface area contributed by atoms with Gasteiger partial charge in [-0.1, -0.05) is 38.1 Å². The Hall–Kier alpha value is -2.70. The molecule has 0 bridgehead atoms. The number of para-hydroxylation sites is 2. The van der Waals surface area contributed by atoms with Crippen molar-refractivity contribution in [3.63, 3.8) is 0 Å². The van der Waals surface area contributed by atoms with Crippen molar-refractivity contribution < 1.29 is 9.53 Å². The van der Waals surface area contributed by atoms with E-state index in [-0.39, 0.29) is 30.1 Å². The molecular formula is C25H32N4O2. The predicted octanol–water partition coefficient (Wildman–Crippen LogP) is 4.30. The maximum absolute atomic E-state index is 13.0. The molecule has 0 saturated carbocycles. The number of rotatable bonds is 6. The second-order valence-electron chi connectivity index (χ2n) is 8.98. The molecule has 3 aromatic rings. The number of amides is 1. The van der Waals surface area contributed by atoms with Crippen LogP contribution in [0.3, 0.4) is 0 Å². The first-order chi connectivity index (χ1) is 14.9. The Balaban J connectivity index is 1.43. The molecule has 164 valence electrons. The van der Waals surface area contributed by atoms with Crippen molar-refractivity contribution in [1.82, 2.24) is 20.2 Å². The summed E-state index contributed by atoms with van der Waals surface area (Å²) in [6.45, 7) is 11.1. The summed E-state index contributed by atoms with van der Waals surface area (Å²) < 4.78 is 5.81. The molecule has 0 radical (unpaired) electrons. The number of fused-ring (bicyclic) bond motifs is 1. The highest BCUT2D eigenvalue weighted by molar-refractivity contribution is 5.94. The van der Waals surface area contributed by atoms with Crippen molar-refractivity contribution in [2.24, 2.45) is 5.92 Å². The van der Waals surface area contributed by atoms with E-state index >= 15 is 0 Å². The summed E-state index contributed by atoms with van der Waals surface area (Å²) in [4.78, 5) is 23.4. The topological polar surface area (TPSA) is 70.2 Å². The van der Waals surface area contributed by atoms with Crippen LogP contribution in [0.4, 0.5) is 0 Å². The summed E-state index contributed by atoms with van der Waals surface area (Å²) in [6, 6.07) is 15.7. The highest BCUT2D eigenvalue weighted by atomic mass is 16.5. The first kappa shape index (κ1) is 21.5. The molecule has 2 N–H and O–H groups in total. The minimum absolute atomic E-state index is 0.0840. The molecule has 1 aliphatic rings. The number of H-pyrrole nitrogens is 1. The number of benzene rings is 2. The third-order valence-electron chi connectivity index (χ3n) is 5.77. The molecule has 3 atom stereocenters. The average molecular weight is 421 g/mol. The lowest BCUT2D eigenvalue weighted by molar-refractivity contribution is -0.0704. The molecule has 1 saturated heterocycles. The third kappa shape index (κ3) is 5.14. The summed E-state index contributed by atoms with van der Waals surface area (Å²) in [5, 5.41) is 3.16. The van der Waals surface area contributed by atoms with Gasteiger partial charge in [0.15, 0.2) is 0 Å². The van der Waals surface area contributed by atoms with Gasteiger partial charge in [0.25, 0.3) is 5.91 Å². The second-order valence-corrected chi connectivity index (χ2v) is 8.98. The number of nitrogens with one attached hydrogen (secondary N) is 2. The highest BCUT2D eigenvalue weighted by Gasteiger charge is 2.24. The van der Waals surface area contributed by atoms with E-state index in [0.29, 0.717) is 5.56 Å². The van der Waals surface area contributed by atoms with E-state index < -0.39 is 0 Å². The van der Waals surface area contributed by atoms with Gasteiger partial charge in [0.1, 0.15) is 5.82 Å². The lowest BCUT2D eigenvalue weighted by atomic mass is 10.0. The Bertz CT molecular complexity index is 984. The van der Waals surface area contributed by atoms with E-state index in [2.05, 4.69) is 47.9 Å². The lowest BCUT2D eigenvalue weighted by Gasteiger charge is -2.35. The molecule has 31 heavy (non-hydrogen) atoms.